The van der Waals surface area contributed by atoms with Gasteiger partial charge in [-0.2, -0.15) is 0 Å². The summed E-state index contributed by atoms with van der Waals surface area (Å²) in [4.78, 5) is 28.8. The van der Waals surface area contributed by atoms with E-state index in [9.17, 15) is 14.7 Å². The molecule has 1 aromatic rings. The lowest BCUT2D eigenvalue weighted by Gasteiger charge is -2.62. The highest BCUT2D eigenvalue weighted by Gasteiger charge is 2.73. The van der Waals surface area contributed by atoms with Crippen LogP contribution in [0.3, 0.4) is 0 Å². The second-order valence-electron chi connectivity index (χ2n) is 15.9. The number of Topliss-reactive ketones (excluding diaryl/α,β-unsaturated/α-hetero) is 1. The molecule has 2 bridgehead atoms. The third kappa shape index (κ3) is 7.75. The molecule has 1 aromatic carbocycles. The number of ether oxygens (including phenoxy) is 2. The van der Waals surface area contributed by atoms with Gasteiger partial charge in [-0.1, -0.05) is 102 Å². The van der Waals surface area contributed by atoms with Crippen LogP contribution in [0.15, 0.2) is 24.3 Å². The van der Waals surface area contributed by atoms with Crippen LogP contribution in [0.4, 0.5) is 0 Å². The largest absolute Gasteiger partial charge is 0.477 e. The van der Waals surface area contributed by atoms with Gasteiger partial charge in [-0.3, -0.25) is 14.5 Å². The number of unbranched alkanes of at least 4 members (excludes halogenated alkanes) is 15. The normalized spacial score (nSPS) is 27.3. The summed E-state index contributed by atoms with van der Waals surface area (Å²) < 4.78 is 12.4. The zero-order chi connectivity index (χ0) is 33.4. The molecule has 3 fully saturated rings. The minimum Gasteiger partial charge on any atom is -0.477 e. The fourth-order valence-corrected chi connectivity index (χ4v) is 9.55. The second kappa shape index (κ2) is 16.7. The number of carbonyl (C=O) groups is 2. The monoisotopic (exact) mass is 661 g/mol. The molecule has 2 saturated carbocycles. The third-order valence-electron chi connectivity index (χ3n) is 12.4. The Hall–Kier alpha value is -2.18. The molecule has 1 saturated heterocycles. The second-order valence-corrected chi connectivity index (χ2v) is 15.9. The molecule has 1 N–H and O–H groups in total. The first-order valence-corrected chi connectivity index (χ1v) is 20.2. The summed E-state index contributed by atoms with van der Waals surface area (Å²) in [6.45, 7) is 4.19. The minimum atomic E-state index is -0.996. The van der Waals surface area contributed by atoms with Gasteiger partial charge in [-0.25, -0.2) is 0 Å². The standard InChI is InChI=1S/C42H63NO5/c1-2-3-4-5-6-7-8-9-10-11-12-13-14-15-16-17-18-19-20-21-37(45)47-35-25-24-33-30-36-42(46)27-26-34(44)40-41(42,38(33)39(35)48-40)28-29-43(36)31-32-22-23-32/h9-10,24-25,32,36,40,46H,2-8,11-23,26-31H2,1H3/b10-9-/t36?,40-,41-,42+/m0/s1. The smallest absolute Gasteiger partial charge is 0.311 e. The van der Waals surface area contributed by atoms with Gasteiger partial charge in [0.15, 0.2) is 23.4 Å². The van der Waals surface area contributed by atoms with E-state index in [0.29, 0.717) is 37.2 Å². The number of ketones is 1. The molecule has 3 aliphatic carbocycles. The summed E-state index contributed by atoms with van der Waals surface area (Å²) in [5, 5.41) is 12.4. The predicted octanol–water partition coefficient (Wildman–Crippen LogP) is 9.32. The van der Waals surface area contributed by atoms with Crippen LogP contribution < -0.4 is 9.47 Å². The van der Waals surface area contributed by atoms with E-state index in [1.165, 1.54) is 103 Å². The molecular weight excluding hydrogens is 598 g/mol. The number of allylic oxidation sites excluding steroid dienone is 2. The Morgan fingerprint density at radius 1 is 0.917 bits per heavy atom. The Morgan fingerprint density at radius 2 is 1.56 bits per heavy atom. The summed E-state index contributed by atoms with van der Waals surface area (Å²) in [7, 11) is 0. The lowest BCUT2D eigenvalue weighted by molar-refractivity contribution is -0.188. The number of rotatable bonds is 22. The number of nitrogens with zero attached hydrogens (tertiary/aromatic N) is 1. The molecule has 266 valence electrons. The molecule has 5 aliphatic rings. The van der Waals surface area contributed by atoms with Gasteiger partial charge in [0, 0.05) is 31.0 Å². The Morgan fingerprint density at radius 3 is 2.23 bits per heavy atom. The molecule has 48 heavy (non-hydrogen) atoms. The van der Waals surface area contributed by atoms with Crippen molar-refractivity contribution in [2.75, 3.05) is 13.1 Å². The Balaban J connectivity index is 0.882. The fraction of sp³-hybridized carbons (Fsp3) is 0.762. The van der Waals surface area contributed by atoms with E-state index in [4.69, 9.17) is 9.47 Å². The highest BCUT2D eigenvalue weighted by molar-refractivity contribution is 5.90. The minimum absolute atomic E-state index is 0.00435. The van der Waals surface area contributed by atoms with Gasteiger partial charge in [0.2, 0.25) is 0 Å². The molecule has 0 aromatic heterocycles. The summed E-state index contributed by atoms with van der Waals surface area (Å²) in [6, 6.07) is 3.93. The van der Waals surface area contributed by atoms with Gasteiger partial charge < -0.3 is 14.6 Å². The molecule has 0 radical (unpaired) electrons. The quantitative estimate of drug-likeness (QED) is 0.0578. The predicted molar refractivity (Wildman–Crippen MR) is 192 cm³/mol. The van der Waals surface area contributed by atoms with Crippen molar-refractivity contribution in [1.82, 2.24) is 4.90 Å². The van der Waals surface area contributed by atoms with Crippen LogP contribution in [-0.4, -0.2) is 52.6 Å². The highest BCUT2D eigenvalue weighted by Crippen LogP contribution is 2.65. The lowest BCUT2D eigenvalue weighted by atomic mass is 9.49. The molecule has 6 rings (SSSR count). The van der Waals surface area contributed by atoms with Crippen molar-refractivity contribution in [3.05, 3.63) is 35.4 Å². The topological polar surface area (TPSA) is 76.1 Å². The van der Waals surface area contributed by atoms with E-state index >= 15 is 0 Å². The van der Waals surface area contributed by atoms with Gasteiger partial charge in [-0.15, -0.1) is 0 Å². The molecule has 6 heteroatoms. The zero-order valence-electron chi connectivity index (χ0n) is 30.0. The van der Waals surface area contributed by atoms with Crippen LogP contribution >= 0.6 is 0 Å². The first-order chi connectivity index (χ1) is 23.5. The molecule has 6 nitrogen and oxygen atoms in total. The maximum Gasteiger partial charge on any atom is 0.311 e. The molecule has 2 heterocycles. The van der Waals surface area contributed by atoms with Crippen LogP contribution in [0.5, 0.6) is 11.5 Å². The number of aliphatic hydroxyl groups is 1. The highest BCUT2D eigenvalue weighted by atomic mass is 16.6. The van der Waals surface area contributed by atoms with Gasteiger partial charge in [0.1, 0.15) is 0 Å². The first-order valence-electron chi connectivity index (χ1n) is 20.2. The van der Waals surface area contributed by atoms with E-state index in [1.54, 1.807) is 0 Å². The molecular formula is C42H63NO5. The maximum absolute atomic E-state index is 13.3. The van der Waals surface area contributed by atoms with Gasteiger partial charge in [0.25, 0.3) is 0 Å². The van der Waals surface area contributed by atoms with Gasteiger partial charge in [0.05, 0.1) is 11.0 Å². The fourth-order valence-electron chi connectivity index (χ4n) is 9.55. The molecule has 1 unspecified atom stereocenters. The van der Waals surface area contributed by atoms with Crippen LogP contribution in [0.2, 0.25) is 0 Å². The van der Waals surface area contributed by atoms with E-state index in [2.05, 4.69) is 30.0 Å². The molecule has 1 spiro atoms. The zero-order valence-corrected chi connectivity index (χ0v) is 30.0. The van der Waals surface area contributed by atoms with Crippen molar-refractivity contribution in [1.29, 1.82) is 0 Å². The number of likely N-dealkylation sites (tertiary alicyclic amines) is 1. The van der Waals surface area contributed by atoms with Crippen LogP contribution in [0.25, 0.3) is 0 Å². The first kappa shape index (κ1) is 35.6. The Labute approximate surface area is 290 Å². The summed E-state index contributed by atoms with van der Waals surface area (Å²) >= 11 is 0. The van der Waals surface area contributed by atoms with E-state index in [1.807, 2.05) is 6.07 Å². The number of piperidine rings is 1. The number of hydrogen-bond acceptors (Lipinski definition) is 6. The summed E-state index contributed by atoms with van der Waals surface area (Å²) in [5.74, 6) is 1.54. The van der Waals surface area contributed by atoms with Crippen LogP contribution in [-0.2, 0) is 21.4 Å². The van der Waals surface area contributed by atoms with Crippen LogP contribution in [0.1, 0.15) is 166 Å². The SMILES string of the molecule is CCCCCCCC/C=C\CCCCCCCCCCCC(=O)Oc1ccc2c3c1O[C@H]1C(=O)CC[C@@]4(O)C(C2)N(CC2CC2)CC[C@]314. The number of esters is 1. The Kier molecular flexibility index (Phi) is 12.4. The van der Waals surface area contributed by atoms with Crippen molar-refractivity contribution >= 4 is 11.8 Å². The average Bonchev–Trinajstić information content (AvgIpc) is 3.82. The molecule has 4 atom stereocenters. The van der Waals surface area contributed by atoms with Crippen molar-refractivity contribution < 1.29 is 24.2 Å². The van der Waals surface area contributed by atoms with Gasteiger partial charge >= 0.3 is 5.97 Å². The maximum atomic E-state index is 13.3. The molecule has 2 aliphatic heterocycles. The van der Waals surface area contributed by atoms with E-state index < -0.39 is 17.1 Å². The summed E-state index contributed by atoms with van der Waals surface area (Å²) in [5.41, 5.74) is 0.370. The number of hydrogen-bond donors (Lipinski definition) is 1. The third-order valence-corrected chi connectivity index (χ3v) is 12.4. The van der Waals surface area contributed by atoms with Crippen molar-refractivity contribution in [3.63, 3.8) is 0 Å². The summed E-state index contributed by atoms with van der Waals surface area (Å²) in [6.07, 6.45) is 30.9. The number of benzene rings is 1. The Bertz CT molecular complexity index is 1270. The number of carbonyl (C=O) groups excluding carboxylic acids is 2. The average molecular weight is 662 g/mol. The van der Waals surface area contributed by atoms with Gasteiger partial charge in [-0.05, 0) is 88.3 Å². The molecule has 0 amide bonds. The lowest BCUT2D eigenvalue weighted by Crippen LogP contribution is -2.76. The van der Waals surface area contributed by atoms with Crippen LogP contribution in [0, 0.1) is 5.92 Å². The van der Waals surface area contributed by atoms with Crippen molar-refractivity contribution in [2.24, 2.45) is 5.92 Å². The van der Waals surface area contributed by atoms with E-state index in [0.717, 1.165) is 55.8 Å². The van der Waals surface area contributed by atoms with E-state index in [-0.39, 0.29) is 17.8 Å². The van der Waals surface area contributed by atoms with Crippen molar-refractivity contribution in [3.8, 4) is 11.5 Å². The van der Waals surface area contributed by atoms with Crippen molar-refractivity contribution in [2.45, 2.75) is 184 Å².